The lowest BCUT2D eigenvalue weighted by atomic mass is 10.1. The summed E-state index contributed by atoms with van der Waals surface area (Å²) in [5, 5.41) is 0.275. The van der Waals surface area contributed by atoms with Crippen molar-refractivity contribution in [3.05, 3.63) is 40.2 Å². The molecule has 0 unspecified atom stereocenters. The van der Waals surface area contributed by atoms with E-state index in [4.69, 9.17) is 23.2 Å². The van der Waals surface area contributed by atoms with Crippen LogP contribution in [0.2, 0.25) is 5.02 Å². The van der Waals surface area contributed by atoms with E-state index in [1.165, 1.54) is 18.2 Å². The van der Waals surface area contributed by atoms with Gasteiger partial charge < -0.3 is 0 Å². The lowest BCUT2D eigenvalue weighted by molar-refractivity contribution is -0.112. The predicted molar refractivity (Wildman–Crippen MR) is 60.9 cm³/mol. The molecule has 0 saturated carbocycles. The van der Waals surface area contributed by atoms with Crippen molar-refractivity contribution < 1.29 is 9.18 Å². The van der Waals surface area contributed by atoms with Gasteiger partial charge in [0.2, 0.25) is 0 Å². The van der Waals surface area contributed by atoms with Gasteiger partial charge in [0, 0.05) is 0 Å². The van der Waals surface area contributed by atoms with Gasteiger partial charge in [-0.05, 0) is 42.3 Å². The SMILES string of the molecule is Cc1cc(/C=C/C(=O)CCl)c(Cl)cc1F. The van der Waals surface area contributed by atoms with Crippen molar-refractivity contribution in [3.63, 3.8) is 0 Å². The highest BCUT2D eigenvalue weighted by atomic mass is 35.5. The minimum Gasteiger partial charge on any atom is -0.294 e. The summed E-state index contributed by atoms with van der Waals surface area (Å²) < 4.78 is 13.0. The van der Waals surface area contributed by atoms with Crippen LogP contribution in [0.25, 0.3) is 6.08 Å². The van der Waals surface area contributed by atoms with Crippen LogP contribution in [0.15, 0.2) is 18.2 Å². The Kier molecular flexibility index (Phi) is 4.30. The van der Waals surface area contributed by atoms with Crippen LogP contribution in [0.4, 0.5) is 4.39 Å². The molecule has 0 heterocycles. The summed E-state index contributed by atoms with van der Waals surface area (Å²) in [5.41, 5.74) is 1.09. The van der Waals surface area contributed by atoms with E-state index in [0.29, 0.717) is 11.1 Å². The van der Waals surface area contributed by atoms with E-state index in [0.717, 1.165) is 0 Å². The number of allylic oxidation sites excluding steroid dienone is 1. The summed E-state index contributed by atoms with van der Waals surface area (Å²) in [5.74, 6) is -0.649. The van der Waals surface area contributed by atoms with Gasteiger partial charge in [-0.2, -0.15) is 0 Å². The van der Waals surface area contributed by atoms with Crippen molar-refractivity contribution in [2.24, 2.45) is 0 Å². The van der Waals surface area contributed by atoms with Crippen molar-refractivity contribution in [3.8, 4) is 0 Å². The molecule has 0 saturated heterocycles. The molecule has 1 nitrogen and oxygen atoms in total. The van der Waals surface area contributed by atoms with Gasteiger partial charge in [-0.1, -0.05) is 11.6 Å². The molecule has 0 aliphatic carbocycles. The standard InChI is InChI=1S/C11H9Cl2FO/c1-7-4-8(2-3-9(15)6-12)10(13)5-11(7)14/h2-5H,6H2,1H3/b3-2+. The van der Waals surface area contributed by atoms with Gasteiger partial charge in [0.05, 0.1) is 10.9 Å². The maximum absolute atomic E-state index is 13.0. The molecule has 0 atom stereocenters. The largest absolute Gasteiger partial charge is 0.294 e. The van der Waals surface area contributed by atoms with Gasteiger partial charge in [0.25, 0.3) is 0 Å². The maximum atomic E-state index is 13.0. The number of rotatable bonds is 3. The summed E-state index contributed by atoms with van der Waals surface area (Å²) in [6, 6.07) is 2.80. The second-order valence-corrected chi connectivity index (χ2v) is 3.73. The minimum absolute atomic E-state index is 0.0751. The molecule has 0 N–H and O–H groups in total. The van der Waals surface area contributed by atoms with Crippen molar-refractivity contribution in [2.45, 2.75) is 6.92 Å². The van der Waals surface area contributed by atoms with E-state index >= 15 is 0 Å². The highest BCUT2D eigenvalue weighted by molar-refractivity contribution is 6.32. The van der Waals surface area contributed by atoms with Gasteiger partial charge in [-0.3, -0.25) is 4.79 Å². The smallest absolute Gasteiger partial charge is 0.170 e. The Bertz CT molecular complexity index is 413. The average molecular weight is 247 g/mol. The van der Waals surface area contributed by atoms with Crippen LogP contribution in [0.1, 0.15) is 11.1 Å². The zero-order valence-electron chi connectivity index (χ0n) is 8.06. The Morgan fingerprint density at radius 2 is 2.20 bits per heavy atom. The summed E-state index contributed by atoms with van der Waals surface area (Å²) >= 11 is 11.1. The van der Waals surface area contributed by atoms with Crippen LogP contribution in [-0.4, -0.2) is 11.7 Å². The number of hydrogen-bond acceptors (Lipinski definition) is 1. The molecule has 80 valence electrons. The molecule has 0 bridgehead atoms. The van der Waals surface area contributed by atoms with E-state index in [9.17, 15) is 9.18 Å². The number of hydrogen-bond donors (Lipinski definition) is 0. The first-order valence-corrected chi connectivity index (χ1v) is 5.18. The fraction of sp³-hybridized carbons (Fsp3) is 0.182. The van der Waals surface area contributed by atoms with Gasteiger partial charge in [0.1, 0.15) is 5.82 Å². The number of alkyl halides is 1. The monoisotopic (exact) mass is 246 g/mol. The van der Waals surface area contributed by atoms with E-state index in [1.807, 2.05) is 0 Å². The number of halogens is 3. The second-order valence-electron chi connectivity index (χ2n) is 3.06. The lowest BCUT2D eigenvalue weighted by Gasteiger charge is -2.01. The molecule has 0 spiro atoms. The van der Waals surface area contributed by atoms with Crippen molar-refractivity contribution >= 4 is 35.1 Å². The molecule has 0 fully saturated rings. The molecule has 0 aromatic heterocycles. The summed E-state index contributed by atoms with van der Waals surface area (Å²) in [7, 11) is 0. The molecule has 0 aliphatic heterocycles. The van der Waals surface area contributed by atoms with Gasteiger partial charge in [0.15, 0.2) is 5.78 Å². The Morgan fingerprint density at radius 3 is 2.80 bits per heavy atom. The van der Waals surface area contributed by atoms with Crippen molar-refractivity contribution in [1.82, 2.24) is 0 Å². The Balaban J connectivity index is 3.00. The third-order valence-electron chi connectivity index (χ3n) is 1.86. The van der Waals surface area contributed by atoms with Crippen LogP contribution in [0.5, 0.6) is 0 Å². The lowest BCUT2D eigenvalue weighted by Crippen LogP contribution is -1.92. The van der Waals surface area contributed by atoms with E-state index in [1.54, 1.807) is 13.0 Å². The number of ketones is 1. The molecule has 1 aromatic carbocycles. The average Bonchev–Trinajstić information content (AvgIpc) is 2.21. The van der Waals surface area contributed by atoms with Crippen LogP contribution in [0.3, 0.4) is 0 Å². The first kappa shape index (κ1) is 12.2. The summed E-state index contributed by atoms with van der Waals surface area (Å²) in [6.07, 6.45) is 2.85. The fourth-order valence-corrected chi connectivity index (χ4v) is 1.34. The predicted octanol–water partition coefficient (Wildman–Crippen LogP) is 3.61. The molecule has 1 aromatic rings. The van der Waals surface area contributed by atoms with E-state index < -0.39 is 0 Å². The molecule has 1 rings (SSSR count). The van der Waals surface area contributed by atoms with Crippen LogP contribution in [0, 0.1) is 12.7 Å². The highest BCUT2D eigenvalue weighted by Crippen LogP contribution is 2.21. The van der Waals surface area contributed by atoms with Crippen LogP contribution < -0.4 is 0 Å². The third-order valence-corrected chi connectivity index (χ3v) is 2.45. The van der Waals surface area contributed by atoms with Crippen LogP contribution >= 0.6 is 23.2 Å². The highest BCUT2D eigenvalue weighted by Gasteiger charge is 2.03. The number of carbonyl (C=O) groups is 1. The van der Waals surface area contributed by atoms with Crippen LogP contribution in [-0.2, 0) is 4.79 Å². The van der Waals surface area contributed by atoms with Crippen molar-refractivity contribution in [1.29, 1.82) is 0 Å². The van der Waals surface area contributed by atoms with Crippen molar-refractivity contribution in [2.75, 3.05) is 5.88 Å². The van der Waals surface area contributed by atoms with E-state index in [2.05, 4.69) is 0 Å². The number of carbonyl (C=O) groups excluding carboxylic acids is 1. The molecular formula is C11H9Cl2FO. The first-order chi connectivity index (χ1) is 7.04. The third kappa shape index (κ3) is 3.33. The topological polar surface area (TPSA) is 17.1 Å². The maximum Gasteiger partial charge on any atom is 0.170 e. The molecule has 4 heteroatoms. The first-order valence-electron chi connectivity index (χ1n) is 4.27. The Hall–Kier alpha value is -0.860. The fourth-order valence-electron chi connectivity index (χ4n) is 1.03. The summed E-state index contributed by atoms with van der Waals surface area (Å²) in [6.45, 7) is 1.63. The Morgan fingerprint density at radius 1 is 1.53 bits per heavy atom. The zero-order chi connectivity index (χ0) is 11.4. The van der Waals surface area contributed by atoms with E-state index in [-0.39, 0.29) is 22.5 Å². The normalized spacial score (nSPS) is 10.9. The second kappa shape index (κ2) is 5.29. The Labute approximate surface area is 97.5 Å². The van der Waals surface area contributed by atoms with Gasteiger partial charge in [-0.15, -0.1) is 11.6 Å². The van der Waals surface area contributed by atoms with Gasteiger partial charge >= 0.3 is 0 Å². The minimum atomic E-state index is -0.360. The number of aryl methyl sites for hydroxylation is 1. The summed E-state index contributed by atoms with van der Waals surface area (Å²) in [4.78, 5) is 10.9. The molecule has 0 radical (unpaired) electrons. The van der Waals surface area contributed by atoms with Gasteiger partial charge in [-0.25, -0.2) is 4.39 Å². The molecule has 15 heavy (non-hydrogen) atoms. The quantitative estimate of drug-likeness (QED) is 0.589. The number of benzene rings is 1. The zero-order valence-corrected chi connectivity index (χ0v) is 9.57. The molecule has 0 amide bonds. The molecule has 0 aliphatic rings. The molecular weight excluding hydrogens is 238 g/mol.